The highest BCUT2D eigenvalue weighted by Gasteiger charge is 2.31. The molecule has 0 saturated heterocycles. The smallest absolute Gasteiger partial charge is 0.297 e. The minimum atomic E-state index is -4.39. The summed E-state index contributed by atoms with van der Waals surface area (Å²) >= 11 is 7.86. The summed E-state index contributed by atoms with van der Waals surface area (Å²) in [4.78, 5) is 34.9. The number of para-hydroxylation sites is 4. The summed E-state index contributed by atoms with van der Waals surface area (Å²) in [5.41, 5.74) is 9.79. The van der Waals surface area contributed by atoms with Crippen molar-refractivity contribution in [3.05, 3.63) is 209 Å². The standard InChI is InChI=1S/C34H18F6N2S3.C12H10OS.C10H8N2S/c35-33(36,37)21-9-5-19(6-10-21)27-15-13-23(43-27)17-29-31-32(42-26-4-2-1-3-25(26)41-31)30(45-29)18-24-14-16-28(44-24)20-7-11-22(12-8-20)34(38,39)40;1-9-2-4-10(5-3-9)12-7-6-11(8-13)14-12;1-2-4-8-7(3-1)11-9-5-13-6-10(9)12-8/h1-18H;2-8H,1H3;1-4H,5-6H2/b29-17-,30-18-;;. The van der Waals surface area contributed by atoms with Gasteiger partial charge < -0.3 is 0 Å². The number of hydrogen-bond donors (Lipinski definition) is 0. The highest BCUT2D eigenvalue weighted by molar-refractivity contribution is 7.98. The van der Waals surface area contributed by atoms with E-state index in [1.807, 2.05) is 109 Å². The number of thioether (sulfide) groups is 1. The Morgan fingerprint density at radius 1 is 0.431 bits per heavy atom. The summed E-state index contributed by atoms with van der Waals surface area (Å²) in [5.74, 6) is 2.04. The Morgan fingerprint density at radius 3 is 1.17 bits per heavy atom. The molecule has 72 heavy (non-hydrogen) atoms. The van der Waals surface area contributed by atoms with Crippen LogP contribution in [0.25, 0.3) is 76.6 Å². The third kappa shape index (κ3) is 11.1. The van der Waals surface area contributed by atoms with Crippen LogP contribution in [0.4, 0.5) is 26.3 Å². The molecule has 0 aliphatic carbocycles. The number of carbonyl (C=O) groups is 1. The second-order valence-corrected chi connectivity index (χ2v) is 21.8. The summed E-state index contributed by atoms with van der Waals surface area (Å²) in [6, 6.07) is 45.7. The van der Waals surface area contributed by atoms with Gasteiger partial charge in [0.15, 0.2) is 6.29 Å². The van der Waals surface area contributed by atoms with E-state index in [-0.39, 0.29) is 0 Å². The highest BCUT2D eigenvalue weighted by atomic mass is 32.2. The quantitative estimate of drug-likeness (QED) is 0.122. The molecular formula is C56H36F6N4OS5. The van der Waals surface area contributed by atoms with Crippen LogP contribution in [0.15, 0.2) is 158 Å². The average Bonchev–Trinajstić information content (AvgIpc) is 4.26. The van der Waals surface area contributed by atoms with Gasteiger partial charge in [0.1, 0.15) is 11.0 Å². The molecule has 0 saturated carbocycles. The fourth-order valence-electron chi connectivity index (χ4n) is 7.67. The number of carbonyl (C=O) groups excluding carboxylic acids is 1. The molecule has 0 spiro atoms. The Hall–Kier alpha value is -6.82. The van der Waals surface area contributed by atoms with Crippen LogP contribution in [0.5, 0.6) is 0 Å². The molecule has 0 atom stereocenters. The molecule has 1 aliphatic heterocycles. The number of aryl methyl sites for hydroxylation is 1. The molecule has 0 radical (unpaired) electrons. The fraction of sp³-hybridized carbons (Fsp3) is 0.0893. The number of thiophene rings is 4. The van der Waals surface area contributed by atoms with Crippen molar-refractivity contribution in [1.29, 1.82) is 0 Å². The number of halogens is 6. The zero-order valence-corrected chi connectivity index (χ0v) is 41.7. The lowest BCUT2D eigenvalue weighted by molar-refractivity contribution is -0.138. The van der Waals surface area contributed by atoms with Gasteiger partial charge in [-0.15, -0.1) is 57.1 Å². The van der Waals surface area contributed by atoms with Crippen LogP contribution in [0.1, 0.15) is 47.5 Å². The SMILES string of the molecule is Cc1ccc(-c2ccc(C=O)s2)cc1.FC(F)(F)c1ccc(-c2ccc(/C=c3\s/c(=C\c4ccc(-c5ccc(C(F)(F)F)cc5)s4)c4nc5ccccc5nc34)s2)cc1.c1ccc2nc3c(nc2c1)CSC3. The average molecular weight is 1060 g/mol. The van der Waals surface area contributed by atoms with E-state index >= 15 is 0 Å². The van der Waals surface area contributed by atoms with E-state index in [4.69, 9.17) is 9.97 Å². The van der Waals surface area contributed by atoms with Crippen molar-refractivity contribution in [3.63, 3.8) is 0 Å². The van der Waals surface area contributed by atoms with Crippen molar-refractivity contribution in [2.45, 2.75) is 30.8 Å². The largest absolute Gasteiger partial charge is 0.416 e. The molecule has 5 nitrogen and oxygen atoms in total. The third-order valence-corrected chi connectivity index (χ3v) is 16.6. The number of nitrogens with zero attached hydrogens (tertiary/aromatic N) is 4. The Labute approximate surface area is 428 Å². The topological polar surface area (TPSA) is 68.6 Å². The van der Waals surface area contributed by atoms with Crippen LogP contribution in [0, 0.1) is 6.92 Å². The first-order valence-corrected chi connectivity index (χ1v) is 26.5. The van der Waals surface area contributed by atoms with E-state index in [0.29, 0.717) is 11.1 Å². The third-order valence-electron chi connectivity index (χ3n) is 11.3. The Morgan fingerprint density at radius 2 is 0.792 bits per heavy atom. The normalized spacial score (nSPS) is 13.0. The van der Waals surface area contributed by atoms with Crippen molar-refractivity contribution in [1.82, 2.24) is 19.9 Å². The second-order valence-electron chi connectivity index (χ2n) is 16.4. The predicted molar refractivity (Wildman–Crippen MR) is 285 cm³/mol. The van der Waals surface area contributed by atoms with Gasteiger partial charge in [0.25, 0.3) is 0 Å². The summed E-state index contributed by atoms with van der Waals surface area (Å²) in [5, 5.41) is 0. The van der Waals surface area contributed by atoms with Gasteiger partial charge in [0.05, 0.1) is 58.5 Å². The van der Waals surface area contributed by atoms with Crippen LogP contribution in [-0.4, -0.2) is 26.2 Å². The van der Waals surface area contributed by atoms with Gasteiger partial charge in [-0.1, -0.05) is 78.4 Å². The molecule has 12 rings (SSSR count). The van der Waals surface area contributed by atoms with E-state index in [2.05, 4.69) is 41.2 Å². The molecule has 1 aliphatic rings. The van der Waals surface area contributed by atoms with Gasteiger partial charge in [-0.3, -0.25) is 4.79 Å². The first-order chi connectivity index (χ1) is 34.7. The number of aldehydes is 1. The summed E-state index contributed by atoms with van der Waals surface area (Å²) < 4.78 is 79.8. The first kappa shape index (κ1) is 48.8. The number of rotatable bonds is 6. The van der Waals surface area contributed by atoms with Crippen molar-refractivity contribution >= 4 is 109 Å². The van der Waals surface area contributed by atoms with Gasteiger partial charge in [-0.2, -0.15) is 26.3 Å². The van der Waals surface area contributed by atoms with Gasteiger partial charge in [-0.25, -0.2) is 19.9 Å². The lowest BCUT2D eigenvalue weighted by atomic mass is 10.1. The molecule has 0 unspecified atom stereocenters. The fourth-order valence-corrected chi connectivity index (χ4v) is 12.6. The van der Waals surface area contributed by atoms with Crippen LogP contribution in [0.3, 0.4) is 0 Å². The Bertz CT molecular complexity index is 3650. The molecular weight excluding hydrogens is 1020 g/mol. The molecule has 6 aromatic heterocycles. The number of aromatic nitrogens is 4. The van der Waals surface area contributed by atoms with Gasteiger partial charge >= 0.3 is 12.4 Å². The lowest BCUT2D eigenvalue weighted by Crippen LogP contribution is -2.03. The zero-order valence-electron chi connectivity index (χ0n) is 37.7. The molecule has 0 N–H and O–H groups in total. The number of benzene rings is 5. The van der Waals surface area contributed by atoms with Gasteiger partial charge in [0, 0.05) is 35.9 Å². The maximum absolute atomic E-state index is 13.0. The Balaban J connectivity index is 0.000000177. The maximum Gasteiger partial charge on any atom is 0.416 e. The second kappa shape index (κ2) is 20.7. The van der Waals surface area contributed by atoms with Crippen molar-refractivity contribution in [3.8, 4) is 31.3 Å². The highest BCUT2D eigenvalue weighted by Crippen LogP contribution is 2.36. The van der Waals surface area contributed by atoms with Gasteiger partial charge in [0.2, 0.25) is 0 Å². The number of fused-ring (bicyclic) bond motifs is 4. The molecule has 0 bridgehead atoms. The molecule has 11 aromatic rings. The van der Waals surface area contributed by atoms with Crippen LogP contribution >= 0.6 is 57.1 Å². The minimum absolute atomic E-state index is 0.688. The Kier molecular flexibility index (Phi) is 14.0. The monoisotopic (exact) mass is 1050 g/mol. The van der Waals surface area contributed by atoms with E-state index in [1.165, 1.54) is 92.1 Å². The van der Waals surface area contributed by atoms with E-state index in [0.717, 1.165) is 113 Å². The summed E-state index contributed by atoms with van der Waals surface area (Å²) in [6.07, 6.45) is -3.87. The maximum atomic E-state index is 13.0. The van der Waals surface area contributed by atoms with Gasteiger partial charge in [-0.05, 0) is 121 Å². The number of hydrogen-bond acceptors (Lipinski definition) is 10. The lowest BCUT2D eigenvalue weighted by Gasteiger charge is -2.06. The first-order valence-electron chi connectivity index (χ1n) is 22.1. The van der Waals surface area contributed by atoms with E-state index < -0.39 is 23.5 Å². The van der Waals surface area contributed by atoms with E-state index in [9.17, 15) is 31.1 Å². The van der Waals surface area contributed by atoms with Crippen molar-refractivity contribution in [2.24, 2.45) is 0 Å². The van der Waals surface area contributed by atoms with Crippen LogP contribution in [0.2, 0.25) is 0 Å². The molecule has 5 aromatic carbocycles. The molecule has 16 heteroatoms. The zero-order chi connectivity index (χ0) is 50.0. The molecule has 0 amide bonds. The molecule has 0 fully saturated rings. The van der Waals surface area contributed by atoms with Crippen molar-refractivity contribution < 1.29 is 31.1 Å². The van der Waals surface area contributed by atoms with Crippen LogP contribution in [-0.2, 0) is 23.9 Å². The predicted octanol–water partition coefficient (Wildman–Crippen LogP) is 15.9. The number of alkyl halides is 6. The summed E-state index contributed by atoms with van der Waals surface area (Å²) in [6.45, 7) is 2.06. The molecule has 358 valence electrons. The van der Waals surface area contributed by atoms with Crippen molar-refractivity contribution in [2.75, 3.05) is 0 Å². The summed E-state index contributed by atoms with van der Waals surface area (Å²) in [7, 11) is 0. The minimum Gasteiger partial charge on any atom is -0.297 e. The van der Waals surface area contributed by atoms with E-state index in [1.54, 1.807) is 0 Å². The molecule has 7 heterocycles. The van der Waals surface area contributed by atoms with Crippen LogP contribution < -0.4 is 9.06 Å².